The number of amidine groups is 1. The van der Waals surface area contributed by atoms with Crippen molar-refractivity contribution < 1.29 is 14.7 Å². The van der Waals surface area contributed by atoms with Crippen LogP contribution in [-0.2, 0) is 4.79 Å². The molecular weight excluding hydrogens is 394 g/mol. The molecule has 2 aromatic carbocycles. The van der Waals surface area contributed by atoms with E-state index in [0.29, 0.717) is 17.8 Å². The molecule has 0 atom stereocenters. The molecule has 2 rings (SSSR count). The summed E-state index contributed by atoms with van der Waals surface area (Å²) in [5.41, 5.74) is 9.41. The second-order valence-electron chi connectivity index (χ2n) is 7.16. The second kappa shape index (κ2) is 10.7. The number of nitrogens with zero attached hydrogens (tertiary/aromatic N) is 1. The van der Waals surface area contributed by atoms with E-state index in [1.807, 2.05) is 45.0 Å². The van der Waals surface area contributed by atoms with E-state index in [9.17, 15) is 9.59 Å². The number of nitrogens with one attached hydrogen (secondary N) is 3. The third-order valence-corrected chi connectivity index (χ3v) is 4.41. The molecule has 0 saturated carbocycles. The van der Waals surface area contributed by atoms with Gasteiger partial charge in [-0.05, 0) is 68.8 Å². The standard InChI is InChI=1S/C23H27N5O3/c1-15(2)28(23(31)27-14-21(29)30)20-11-8-17(16(3)13-20)5-4-12-26-19-9-6-18(7-10-19)22(24)25/h6-11,13,15,26H,12,14H2,1-3H3,(H3,24,25)(H,27,31)(H,29,30). The minimum absolute atomic E-state index is 0.0284. The Kier molecular flexibility index (Phi) is 8.03. The van der Waals surface area contributed by atoms with Gasteiger partial charge < -0.3 is 21.5 Å². The first-order chi connectivity index (χ1) is 14.7. The fourth-order valence-corrected chi connectivity index (χ4v) is 2.88. The van der Waals surface area contributed by atoms with Crippen molar-refractivity contribution in [1.29, 1.82) is 5.41 Å². The lowest BCUT2D eigenvalue weighted by Crippen LogP contribution is -2.45. The number of amides is 2. The molecule has 0 heterocycles. The summed E-state index contributed by atoms with van der Waals surface area (Å²) < 4.78 is 0. The summed E-state index contributed by atoms with van der Waals surface area (Å²) >= 11 is 0. The van der Waals surface area contributed by atoms with E-state index >= 15 is 0 Å². The zero-order chi connectivity index (χ0) is 23.0. The van der Waals surface area contributed by atoms with Crippen LogP contribution in [0.5, 0.6) is 0 Å². The summed E-state index contributed by atoms with van der Waals surface area (Å²) in [7, 11) is 0. The molecule has 8 heteroatoms. The van der Waals surface area contributed by atoms with Crippen molar-refractivity contribution in [2.75, 3.05) is 23.3 Å². The lowest BCUT2D eigenvalue weighted by Gasteiger charge is -2.27. The monoisotopic (exact) mass is 421 g/mol. The predicted octanol–water partition coefficient (Wildman–Crippen LogP) is 2.75. The van der Waals surface area contributed by atoms with Crippen LogP contribution in [0.4, 0.5) is 16.2 Å². The number of rotatable bonds is 7. The van der Waals surface area contributed by atoms with Crippen molar-refractivity contribution in [2.24, 2.45) is 5.73 Å². The Morgan fingerprint density at radius 2 is 1.87 bits per heavy atom. The fraction of sp³-hybridized carbons (Fsp3) is 0.261. The summed E-state index contributed by atoms with van der Waals surface area (Å²) in [6, 6.07) is 12.1. The smallest absolute Gasteiger partial charge is 0.323 e. The molecule has 0 aromatic heterocycles. The number of hydrogen-bond acceptors (Lipinski definition) is 4. The second-order valence-corrected chi connectivity index (χ2v) is 7.16. The maximum absolute atomic E-state index is 12.4. The van der Waals surface area contributed by atoms with Crippen LogP contribution in [0.25, 0.3) is 0 Å². The Hall–Kier alpha value is -3.99. The van der Waals surface area contributed by atoms with Crippen LogP contribution in [0.1, 0.15) is 30.5 Å². The molecule has 8 nitrogen and oxygen atoms in total. The van der Waals surface area contributed by atoms with Crippen molar-refractivity contribution in [3.8, 4) is 11.8 Å². The Bertz CT molecular complexity index is 1020. The van der Waals surface area contributed by atoms with E-state index < -0.39 is 18.5 Å². The van der Waals surface area contributed by atoms with E-state index in [1.54, 1.807) is 18.2 Å². The number of carboxylic acid groups (broad SMARTS) is 1. The molecule has 0 radical (unpaired) electrons. The highest BCUT2D eigenvalue weighted by molar-refractivity contribution is 5.95. The summed E-state index contributed by atoms with van der Waals surface area (Å²) in [5.74, 6) is 5.12. The first-order valence-corrected chi connectivity index (χ1v) is 9.75. The molecule has 2 aromatic rings. The highest BCUT2D eigenvalue weighted by Crippen LogP contribution is 2.21. The molecule has 0 aliphatic carbocycles. The van der Waals surface area contributed by atoms with Crippen LogP contribution >= 0.6 is 0 Å². The van der Waals surface area contributed by atoms with Gasteiger partial charge in [0.05, 0.1) is 6.54 Å². The third-order valence-electron chi connectivity index (χ3n) is 4.41. The van der Waals surface area contributed by atoms with Crippen LogP contribution in [-0.4, -0.2) is 42.1 Å². The minimum atomic E-state index is -1.10. The van der Waals surface area contributed by atoms with Gasteiger partial charge in [-0.3, -0.25) is 15.1 Å². The Morgan fingerprint density at radius 3 is 2.42 bits per heavy atom. The van der Waals surface area contributed by atoms with Crippen LogP contribution in [0, 0.1) is 24.2 Å². The lowest BCUT2D eigenvalue weighted by molar-refractivity contribution is -0.135. The molecule has 0 fully saturated rings. The topological polar surface area (TPSA) is 132 Å². The van der Waals surface area contributed by atoms with Gasteiger partial charge in [0.2, 0.25) is 0 Å². The Balaban J connectivity index is 2.05. The van der Waals surface area contributed by atoms with Gasteiger partial charge in [0.25, 0.3) is 0 Å². The average molecular weight is 422 g/mol. The quantitative estimate of drug-likeness (QED) is 0.266. The molecule has 0 aliphatic heterocycles. The van der Waals surface area contributed by atoms with E-state index in [1.165, 1.54) is 4.90 Å². The van der Waals surface area contributed by atoms with Crippen molar-refractivity contribution in [3.63, 3.8) is 0 Å². The average Bonchev–Trinajstić information content (AvgIpc) is 2.71. The SMILES string of the molecule is Cc1cc(N(C(=O)NCC(=O)O)C(C)C)ccc1C#CCNc1ccc(C(=N)N)cc1. The summed E-state index contributed by atoms with van der Waals surface area (Å²) in [6.45, 7) is 5.64. The number of carboxylic acids is 1. The van der Waals surface area contributed by atoms with Crippen LogP contribution in [0.3, 0.4) is 0 Å². The number of anilines is 2. The van der Waals surface area contributed by atoms with Crippen LogP contribution in [0.15, 0.2) is 42.5 Å². The normalized spacial score (nSPS) is 10.1. The number of nitrogen functional groups attached to an aromatic ring is 1. The van der Waals surface area contributed by atoms with Gasteiger partial charge in [-0.2, -0.15) is 0 Å². The molecule has 0 bridgehead atoms. The molecule has 0 spiro atoms. The number of benzene rings is 2. The molecule has 0 unspecified atom stereocenters. The Morgan fingerprint density at radius 1 is 1.19 bits per heavy atom. The molecule has 162 valence electrons. The maximum Gasteiger partial charge on any atom is 0.323 e. The minimum Gasteiger partial charge on any atom is -0.480 e. The van der Waals surface area contributed by atoms with E-state index in [0.717, 1.165) is 16.8 Å². The molecule has 0 aliphatic rings. The zero-order valence-corrected chi connectivity index (χ0v) is 17.8. The molecule has 2 amide bonds. The number of aryl methyl sites for hydroxylation is 1. The highest BCUT2D eigenvalue weighted by Gasteiger charge is 2.20. The van der Waals surface area contributed by atoms with Crippen molar-refractivity contribution in [2.45, 2.75) is 26.8 Å². The zero-order valence-electron chi connectivity index (χ0n) is 17.8. The van der Waals surface area contributed by atoms with Gasteiger partial charge in [0, 0.05) is 28.5 Å². The molecule has 0 saturated heterocycles. The maximum atomic E-state index is 12.4. The van der Waals surface area contributed by atoms with Gasteiger partial charge in [-0.15, -0.1) is 0 Å². The third kappa shape index (κ3) is 6.78. The van der Waals surface area contributed by atoms with Crippen LogP contribution < -0.4 is 21.3 Å². The largest absolute Gasteiger partial charge is 0.480 e. The van der Waals surface area contributed by atoms with Gasteiger partial charge in [-0.25, -0.2) is 4.79 Å². The van der Waals surface area contributed by atoms with E-state index in [2.05, 4.69) is 22.5 Å². The molecular formula is C23H27N5O3. The highest BCUT2D eigenvalue weighted by atomic mass is 16.4. The number of aliphatic carboxylic acids is 1. The molecule has 6 N–H and O–H groups in total. The first kappa shape index (κ1) is 23.3. The number of nitrogens with two attached hydrogens (primary N) is 1. The van der Waals surface area contributed by atoms with Gasteiger partial charge in [0.1, 0.15) is 12.4 Å². The number of hydrogen-bond donors (Lipinski definition) is 5. The number of carbonyl (C=O) groups excluding carboxylic acids is 1. The Labute approximate surface area is 182 Å². The number of urea groups is 1. The number of carbonyl (C=O) groups is 2. The van der Waals surface area contributed by atoms with E-state index in [4.69, 9.17) is 16.2 Å². The summed E-state index contributed by atoms with van der Waals surface area (Å²) in [5, 5.41) is 21.8. The summed E-state index contributed by atoms with van der Waals surface area (Å²) in [6.07, 6.45) is 0. The predicted molar refractivity (Wildman–Crippen MR) is 123 cm³/mol. The van der Waals surface area contributed by atoms with Crippen LogP contribution in [0.2, 0.25) is 0 Å². The van der Waals surface area contributed by atoms with Crippen molar-refractivity contribution >= 4 is 29.2 Å². The lowest BCUT2D eigenvalue weighted by atomic mass is 10.1. The fourth-order valence-electron chi connectivity index (χ4n) is 2.88. The molecule has 31 heavy (non-hydrogen) atoms. The van der Waals surface area contributed by atoms with Gasteiger partial charge >= 0.3 is 12.0 Å². The van der Waals surface area contributed by atoms with Gasteiger partial charge in [0.15, 0.2) is 0 Å². The summed E-state index contributed by atoms with van der Waals surface area (Å²) in [4.78, 5) is 24.6. The van der Waals surface area contributed by atoms with E-state index in [-0.39, 0.29) is 11.9 Å². The van der Waals surface area contributed by atoms with Crippen molar-refractivity contribution in [1.82, 2.24) is 5.32 Å². The van der Waals surface area contributed by atoms with Crippen molar-refractivity contribution in [3.05, 3.63) is 59.2 Å². The first-order valence-electron chi connectivity index (χ1n) is 9.75. The van der Waals surface area contributed by atoms with Gasteiger partial charge in [-0.1, -0.05) is 11.8 Å².